The van der Waals surface area contributed by atoms with Crippen LogP contribution in [-0.2, 0) is 4.79 Å². The zero-order valence-corrected chi connectivity index (χ0v) is 16.3. The minimum atomic E-state index is -5.08. The van der Waals surface area contributed by atoms with E-state index in [9.17, 15) is 18.0 Å². The van der Waals surface area contributed by atoms with Gasteiger partial charge in [-0.2, -0.15) is 18.3 Å². The number of benzene rings is 1. The van der Waals surface area contributed by atoms with Crippen LogP contribution in [0.1, 0.15) is 23.2 Å². The third kappa shape index (κ3) is 5.82. The fourth-order valence-corrected chi connectivity index (χ4v) is 3.24. The molecular formula is C20H23F3N4O3. The van der Waals surface area contributed by atoms with E-state index in [2.05, 4.69) is 10.00 Å². The Bertz CT molecular complexity index is 858. The number of alkyl halides is 3. The molecule has 0 atom stereocenters. The lowest BCUT2D eigenvalue weighted by molar-refractivity contribution is -0.192. The molecule has 0 radical (unpaired) electrons. The Balaban J connectivity index is 0.000000318. The first kappa shape index (κ1) is 21.8. The SMILES string of the molecule is O=C(O)C(F)(F)F.O=C(c1ccccc1-n1cccn1)N1CCN(CC2CC2)CC1. The molecular weight excluding hydrogens is 401 g/mol. The maximum Gasteiger partial charge on any atom is 0.490 e. The van der Waals surface area contributed by atoms with Gasteiger partial charge in [-0.25, -0.2) is 9.48 Å². The molecule has 1 aliphatic carbocycles. The summed E-state index contributed by atoms with van der Waals surface area (Å²) in [4.78, 5) is 26.3. The largest absolute Gasteiger partial charge is 0.490 e. The number of halogens is 3. The molecule has 30 heavy (non-hydrogen) atoms. The number of hydrogen-bond donors (Lipinski definition) is 1. The Hall–Kier alpha value is -2.88. The summed E-state index contributed by atoms with van der Waals surface area (Å²) in [5.41, 5.74) is 1.58. The van der Waals surface area contributed by atoms with Gasteiger partial charge in [0.25, 0.3) is 5.91 Å². The average molecular weight is 424 g/mol. The highest BCUT2D eigenvalue weighted by molar-refractivity contribution is 5.97. The van der Waals surface area contributed by atoms with Gasteiger partial charge in [0.1, 0.15) is 0 Å². The summed E-state index contributed by atoms with van der Waals surface area (Å²) in [6.45, 7) is 4.84. The van der Waals surface area contributed by atoms with Crippen molar-refractivity contribution >= 4 is 11.9 Å². The van der Waals surface area contributed by atoms with Crippen molar-refractivity contribution in [3.63, 3.8) is 0 Å². The van der Waals surface area contributed by atoms with Crippen LogP contribution in [0.25, 0.3) is 5.69 Å². The number of para-hydroxylation sites is 1. The number of hydrogen-bond acceptors (Lipinski definition) is 4. The second-order valence-electron chi connectivity index (χ2n) is 7.31. The molecule has 7 nitrogen and oxygen atoms in total. The number of piperazine rings is 1. The summed E-state index contributed by atoms with van der Waals surface area (Å²) in [5, 5.41) is 11.4. The first-order valence-electron chi connectivity index (χ1n) is 9.66. The zero-order chi connectivity index (χ0) is 21.7. The zero-order valence-electron chi connectivity index (χ0n) is 16.3. The van der Waals surface area contributed by atoms with Crippen LogP contribution in [0.5, 0.6) is 0 Å². The third-order valence-corrected chi connectivity index (χ3v) is 5.00. The molecule has 2 fully saturated rings. The van der Waals surface area contributed by atoms with Crippen molar-refractivity contribution in [3.8, 4) is 5.69 Å². The Labute approximate surface area is 171 Å². The Kier molecular flexibility index (Phi) is 6.76. The number of carbonyl (C=O) groups excluding carboxylic acids is 1. The van der Waals surface area contributed by atoms with E-state index in [-0.39, 0.29) is 5.91 Å². The van der Waals surface area contributed by atoms with Crippen LogP contribution in [0.3, 0.4) is 0 Å². The first-order chi connectivity index (χ1) is 14.3. The summed E-state index contributed by atoms with van der Waals surface area (Å²) in [5.74, 6) is -1.73. The highest BCUT2D eigenvalue weighted by Crippen LogP contribution is 2.30. The number of carbonyl (C=O) groups is 2. The number of aromatic nitrogens is 2. The molecule has 1 aromatic heterocycles. The molecule has 2 aliphatic rings. The number of rotatable bonds is 4. The molecule has 1 aromatic carbocycles. The van der Waals surface area contributed by atoms with Gasteiger partial charge in [0.15, 0.2) is 0 Å². The van der Waals surface area contributed by atoms with Crippen molar-refractivity contribution in [3.05, 3.63) is 48.3 Å². The second kappa shape index (κ2) is 9.29. The molecule has 1 saturated carbocycles. The average Bonchev–Trinajstić information content (AvgIpc) is 3.36. The van der Waals surface area contributed by atoms with Crippen LogP contribution >= 0.6 is 0 Å². The lowest BCUT2D eigenvalue weighted by Crippen LogP contribution is -2.49. The van der Waals surface area contributed by atoms with E-state index < -0.39 is 12.1 Å². The Morgan fingerprint density at radius 1 is 1.07 bits per heavy atom. The van der Waals surface area contributed by atoms with Crippen molar-refractivity contribution in [1.82, 2.24) is 19.6 Å². The smallest absolute Gasteiger partial charge is 0.475 e. The van der Waals surface area contributed by atoms with Crippen LogP contribution in [0.15, 0.2) is 42.7 Å². The number of nitrogens with zero attached hydrogens (tertiary/aromatic N) is 4. The lowest BCUT2D eigenvalue weighted by atomic mass is 10.1. The fraction of sp³-hybridized carbons (Fsp3) is 0.450. The van der Waals surface area contributed by atoms with E-state index in [1.54, 1.807) is 10.9 Å². The minimum Gasteiger partial charge on any atom is -0.475 e. The van der Waals surface area contributed by atoms with Crippen LogP contribution < -0.4 is 0 Å². The molecule has 1 amide bonds. The number of amides is 1. The fourth-order valence-electron chi connectivity index (χ4n) is 3.24. The molecule has 4 rings (SSSR count). The van der Waals surface area contributed by atoms with Gasteiger partial charge >= 0.3 is 12.1 Å². The molecule has 10 heteroatoms. The normalized spacial score (nSPS) is 17.2. The molecule has 2 heterocycles. The van der Waals surface area contributed by atoms with Gasteiger partial charge < -0.3 is 10.0 Å². The molecule has 2 aromatic rings. The molecule has 0 spiro atoms. The third-order valence-electron chi connectivity index (χ3n) is 5.00. The molecule has 1 aliphatic heterocycles. The highest BCUT2D eigenvalue weighted by atomic mass is 19.4. The van der Waals surface area contributed by atoms with Gasteiger partial charge in [-0.05, 0) is 37.0 Å². The van der Waals surface area contributed by atoms with Crippen LogP contribution in [0.4, 0.5) is 13.2 Å². The molecule has 0 unspecified atom stereocenters. The van der Waals surface area contributed by atoms with Gasteiger partial charge in [-0.1, -0.05) is 12.1 Å². The second-order valence-corrected chi connectivity index (χ2v) is 7.31. The standard InChI is InChI=1S/C18H22N4O.C2HF3O2/c23-18(21-12-10-20(11-13-21)14-15-6-7-15)16-4-1-2-5-17(16)22-9-3-8-19-22;3-2(4,5)1(6)7/h1-5,8-9,15H,6-7,10-14H2;(H,6,7). The first-order valence-corrected chi connectivity index (χ1v) is 9.66. The van der Waals surface area contributed by atoms with Gasteiger partial charge in [0.05, 0.1) is 11.3 Å². The van der Waals surface area contributed by atoms with E-state index in [4.69, 9.17) is 9.90 Å². The number of aliphatic carboxylic acids is 1. The van der Waals surface area contributed by atoms with E-state index in [1.807, 2.05) is 41.4 Å². The maximum absolute atomic E-state index is 12.9. The van der Waals surface area contributed by atoms with E-state index in [1.165, 1.54) is 19.4 Å². The van der Waals surface area contributed by atoms with Gasteiger partial charge in [0, 0.05) is 45.1 Å². The van der Waals surface area contributed by atoms with Crippen molar-refractivity contribution in [1.29, 1.82) is 0 Å². The summed E-state index contributed by atoms with van der Waals surface area (Å²) in [6, 6.07) is 9.59. The predicted molar refractivity (Wildman–Crippen MR) is 102 cm³/mol. The van der Waals surface area contributed by atoms with E-state index >= 15 is 0 Å². The van der Waals surface area contributed by atoms with Crippen LogP contribution in [0, 0.1) is 5.92 Å². The summed E-state index contributed by atoms with van der Waals surface area (Å²) < 4.78 is 33.5. The summed E-state index contributed by atoms with van der Waals surface area (Å²) in [7, 11) is 0. The number of carboxylic acid groups (broad SMARTS) is 1. The quantitative estimate of drug-likeness (QED) is 0.817. The number of carboxylic acids is 1. The van der Waals surface area contributed by atoms with Crippen molar-refractivity contribution in [2.45, 2.75) is 19.0 Å². The van der Waals surface area contributed by atoms with Gasteiger partial charge in [-0.15, -0.1) is 0 Å². The minimum absolute atomic E-state index is 0.113. The van der Waals surface area contributed by atoms with Gasteiger partial charge in [0.2, 0.25) is 0 Å². The molecule has 1 N–H and O–H groups in total. The Morgan fingerprint density at radius 3 is 2.23 bits per heavy atom. The molecule has 0 bridgehead atoms. The summed E-state index contributed by atoms with van der Waals surface area (Å²) in [6.07, 6.45) is 1.30. The maximum atomic E-state index is 12.9. The van der Waals surface area contributed by atoms with Crippen molar-refractivity contribution < 1.29 is 27.9 Å². The predicted octanol–water partition coefficient (Wildman–Crippen LogP) is 2.67. The summed E-state index contributed by atoms with van der Waals surface area (Å²) >= 11 is 0. The molecule has 162 valence electrons. The van der Waals surface area contributed by atoms with Crippen molar-refractivity contribution in [2.24, 2.45) is 5.92 Å². The van der Waals surface area contributed by atoms with E-state index in [0.29, 0.717) is 0 Å². The lowest BCUT2D eigenvalue weighted by Gasteiger charge is -2.35. The van der Waals surface area contributed by atoms with Gasteiger partial charge in [-0.3, -0.25) is 9.69 Å². The Morgan fingerprint density at radius 2 is 1.70 bits per heavy atom. The van der Waals surface area contributed by atoms with Crippen LogP contribution in [0.2, 0.25) is 0 Å². The van der Waals surface area contributed by atoms with E-state index in [0.717, 1.165) is 43.3 Å². The highest BCUT2D eigenvalue weighted by Gasteiger charge is 2.38. The monoisotopic (exact) mass is 424 g/mol. The van der Waals surface area contributed by atoms with Crippen molar-refractivity contribution in [2.75, 3.05) is 32.7 Å². The topological polar surface area (TPSA) is 78.7 Å². The molecule has 1 saturated heterocycles. The van der Waals surface area contributed by atoms with Crippen LogP contribution in [-0.4, -0.2) is 75.5 Å².